The molecule has 302 valence electrons. The van der Waals surface area contributed by atoms with E-state index in [9.17, 15) is 27.5 Å². The standard InChI is InChI=1S/C45H69FN2O5S/c1-29(2)32-13-22-45(47-27-37(49)48-25-16-31(17-26-48)54(8,52)53)24-23-42(6)34(38(32)45)9-10-36-41(5)18-14-33(40(3,4)35(41)15-19-43(36,42)7)30-11-20-44(28-46,21-12-30)39(50)51/h11,14,31-32,34-36,38,47H,1,9-10,12-13,15-28H2,2-8H3,(H,50,51)/t32-,34+,35-,36+,38+,41-,42+,43+,44-,45-/m0/s1. The van der Waals surface area contributed by atoms with Gasteiger partial charge in [0.05, 0.1) is 17.2 Å². The van der Waals surface area contributed by atoms with Gasteiger partial charge in [0.2, 0.25) is 5.91 Å². The number of carbonyl (C=O) groups is 2. The number of carboxylic acids is 1. The molecule has 0 aromatic carbocycles. The highest BCUT2D eigenvalue weighted by molar-refractivity contribution is 7.91. The van der Waals surface area contributed by atoms with Crippen LogP contribution in [0.4, 0.5) is 4.39 Å². The van der Waals surface area contributed by atoms with Crippen LogP contribution in [-0.4, -0.2) is 73.7 Å². The van der Waals surface area contributed by atoms with Crippen molar-refractivity contribution in [3.8, 4) is 0 Å². The second-order valence-corrected chi connectivity index (χ2v) is 23.1. The summed E-state index contributed by atoms with van der Waals surface area (Å²) >= 11 is 0. The number of carboxylic acid groups (broad SMARTS) is 1. The second-order valence-electron chi connectivity index (χ2n) is 20.8. The SMILES string of the molecule is C=C(C)[C@@H]1CC[C@]2(NCC(=O)N3CCC(S(C)(=O)=O)CC3)CC[C@]3(C)[C@H](CC[C@@H]4[C@@]5(C)CC=C(C6=CC[C@](CF)(C(=O)O)CC6)C(C)(C)[C@@H]5CC[C@]43C)[C@@H]12. The average Bonchev–Trinajstić information content (AvgIpc) is 3.51. The number of fused-ring (bicyclic) bond motifs is 7. The summed E-state index contributed by atoms with van der Waals surface area (Å²) in [5.74, 6) is 1.62. The van der Waals surface area contributed by atoms with Crippen LogP contribution < -0.4 is 5.32 Å². The van der Waals surface area contributed by atoms with Crippen molar-refractivity contribution in [2.45, 2.75) is 142 Å². The lowest BCUT2D eigenvalue weighted by molar-refractivity contribution is -0.221. The monoisotopic (exact) mass is 768 g/mol. The van der Waals surface area contributed by atoms with E-state index in [1.807, 2.05) is 4.90 Å². The maximum atomic E-state index is 14.0. The minimum atomic E-state index is -3.09. The van der Waals surface area contributed by atoms with Gasteiger partial charge in [-0.1, -0.05) is 58.9 Å². The molecule has 4 saturated carbocycles. The molecule has 0 aromatic rings. The molecule has 6 aliphatic carbocycles. The number of allylic oxidation sites excluding steroid dienone is 5. The van der Waals surface area contributed by atoms with Gasteiger partial charge in [0.1, 0.15) is 16.5 Å². The van der Waals surface area contributed by atoms with Crippen LogP contribution in [0, 0.1) is 56.7 Å². The molecule has 1 heterocycles. The summed E-state index contributed by atoms with van der Waals surface area (Å²) < 4.78 is 38.3. The predicted octanol–water partition coefficient (Wildman–Crippen LogP) is 8.71. The Bertz CT molecular complexity index is 1730. The molecule has 9 heteroatoms. The Morgan fingerprint density at radius 3 is 2.20 bits per heavy atom. The zero-order valence-corrected chi connectivity index (χ0v) is 35.2. The van der Waals surface area contributed by atoms with Gasteiger partial charge >= 0.3 is 5.97 Å². The molecule has 0 radical (unpaired) electrons. The van der Waals surface area contributed by atoms with Gasteiger partial charge in [0.15, 0.2) is 0 Å². The number of piperidine rings is 1. The fraction of sp³-hybridized carbons (Fsp3) is 0.822. The van der Waals surface area contributed by atoms with Crippen LogP contribution in [-0.2, 0) is 19.4 Å². The Morgan fingerprint density at radius 1 is 0.907 bits per heavy atom. The Labute approximate surface area is 325 Å². The molecule has 0 aromatic heterocycles. The van der Waals surface area contributed by atoms with Crippen LogP contribution in [0.15, 0.2) is 35.5 Å². The summed E-state index contributed by atoms with van der Waals surface area (Å²) in [5, 5.41) is 13.4. The zero-order chi connectivity index (χ0) is 39.3. The number of alkyl halides is 1. The average molecular weight is 769 g/mol. The molecular formula is C45H69FN2O5S. The Morgan fingerprint density at radius 2 is 1.61 bits per heavy atom. The fourth-order valence-corrected chi connectivity index (χ4v) is 16.1. The van der Waals surface area contributed by atoms with E-state index >= 15 is 0 Å². The molecule has 54 heavy (non-hydrogen) atoms. The first-order valence-corrected chi connectivity index (χ1v) is 23.2. The maximum absolute atomic E-state index is 14.0. The topological polar surface area (TPSA) is 104 Å². The molecule has 0 bridgehead atoms. The van der Waals surface area contributed by atoms with Crippen LogP contribution in [0.2, 0.25) is 0 Å². The summed E-state index contributed by atoms with van der Waals surface area (Å²) in [6.45, 7) is 20.0. The van der Waals surface area contributed by atoms with Gasteiger partial charge < -0.3 is 15.3 Å². The van der Waals surface area contributed by atoms with Crippen molar-refractivity contribution < 1.29 is 27.5 Å². The van der Waals surface area contributed by atoms with Gasteiger partial charge in [0.25, 0.3) is 0 Å². The quantitative estimate of drug-likeness (QED) is 0.240. The van der Waals surface area contributed by atoms with Gasteiger partial charge in [-0.05, 0) is 159 Å². The molecular weight excluding hydrogens is 700 g/mol. The van der Waals surface area contributed by atoms with Crippen molar-refractivity contribution in [2.24, 2.45) is 56.7 Å². The third-order valence-electron chi connectivity index (χ3n) is 18.3. The first-order chi connectivity index (χ1) is 25.2. The number of hydrogen-bond donors (Lipinski definition) is 2. The third-order valence-corrected chi connectivity index (χ3v) is 20.0. The molecule has 7 aliphatic rings. The predicted molar refractivity (Wildman–Crippen MR) is 213 cm³/mol. The molecule has 10 atom stereocenters. The molecule has 1 aliphatic heterocycles. The minimum Gasteiger partial charge on any atom is -0.481 e. The van der Waals surface area contributed by atoms with E-state index in [0.717, 1.165) is 32.1 Å². The summed E-state index contributed by atoms with van der Waals surface area (Å²) in [6.07, 6.45) is 18.4. The van der Waals surface area contributed by atoms with Crippen LogP contribution in [0.25, 0.3) is 0 Å². The number of aliphatic carboxylic acids is 1. The lowest BCUT2D eigenvalue weighted by Crippen LogP contribution is -2.68. The highest BCUT2D eigenvalue weighted by atomic mass is 32.2. The number of halogens is 1. The number of rotatable bonds is 8. The number of sulfone groups is 1. The van der Waals surface area contributed by atoms with E-state index < -0.39 is 27.9 Å². The van der Waals surface area contributed by atoms with Crippen molar-refractivity contribution in [1.29, 1.82) is 0 Å². The van der Waals surface area contributed by atoms with Gasteiger partial charge in [-0.15, -0.1) is 0 Å². The number of likely N-dealkylation sites (tertiary alicyclic amines) is 1. The van der Waals surface area contributed by atoms with Crippen molar-refractivity contribution in [3.63, 3.8) is 0 Å². The van der Waals surface area contributed by atoms with E-state index in [0.29, 0.717) is 74.9 Å². The minimum absolute atomic E-state index is 0.0500. The number of nitrogens with zero attached hydrogens (tertiary/aromatic N) is 1. The zero-order valence-electron chi connectivity index (χ0n) is 34.4. The van der Waals surface area contributed by atoms with E-state index in [2.05, 4.69) is 65.6 Å². The Kier molecular flexibility index (Phi) is 10.1. The molecule has 0 unspecified atom stereocenters. The molecule has 2 N–H and O–H groups in total. The fourth-order valence-electron chi connectivity index (χ4n) is 15.0. The number of nitrogens with one attached hydrogen (secondary N) is 1. The van der Waals surface area contributed by atoms with Crippen LogP contribution in [0.5, 0.6) is 0 Å². The number of carbonyl (C=O) groups excluding carboxylic acids is 1. The molecule has 7 nitrogen and oxygen atoms in total. The van der Waals surface area contributed by atoms with E-state index in [4.69, 9.17) is 0 Å². The first-order valence-electron chi connectivity index (χ1n) is 21.3. The maximum Gasteiger partial charge on any atom is 0.312 e. The smallest absolute Gasteiger partial charge is 0.312 e. The van der Waals surface area contributed by atoms with Gasteiger partial charge in [-0.25, -0.2) is 12.8 Å². The lowest BCUT2D eigenvalue weighted by Gasteiger charge is -2.72. The largest absolute Gasteiger partial charge is 0.481 e. The molecule has 7 rings (SSSR count). The molecule has 5 fully saturated rings. The molecule has 0 spiro atoms. The summed E-state index contributed by atoms with van der Waals surface area (Å²) in [4.78, 5) is 27.5. The number of hydrogen-bond acceptors (Lipinski definition) is 5. The van der Waals surface area contributed by atoms with Crippen molar-refractivity contribution in [3.05, 3.63) is 35.5 Å². The molecule has 1 amide bonds. The Balaban J connectivity index is 1.12. The third kappa shape index (κ3) is 5.95. The van der Waals surface area contributed by atoms with Crippen molar-refractivity contribution in [1.82, 2.24) is 10.2 Å². The van der Waals surface area contributed by atoms with Gasteiger partial charge in [-0.2, -0.15) is 0 Å². The summed E-state index contributed by atoms with van der Waals surface area (Å²) in [7, 11) is -3.09. The first kappa shape index (κ1) is 40.2. The van der Waals surface area contributed by atoms with Gasteiger partial charge in [0, 0.05) is 24.9 Å². The summed E-state index contributed by atoms with van der Waals surface area (Å²) in [5.41, 5.74) is 3.00. The van der Waals surface area contributed by atoms with E-state index in [1.54, 1.807) is 0 Å². The highest BCUT2D eigenvalue weighted by Gasteiger charge is 2.70. The van der Waals surface area contributed by atoms with Crippen LogP contribution in [0.1, 0.15) is 131 Å². The van der Waals surface area contributed by atoms with Gasteiger partial charge in [-0.3, -0.25) is 9.59 Å². The van der Waals surface area contributed by atoms with Crippen molar-refractivity contribution in [2.75, 3.05) is 32.6 Å². The van der Waals surface area contributed by atoms with E-state index in [1.165, 1.54) is 48.7 Å². The normalized spacial score (nSPS) is 43.5. The van der Waals surface area contributed by atoms with E-state index in [-0.39, 0.29) is 44.8 Å². The van der Waals surface area contributed by atoms with Crippen molar-refractivity contribution >= 4 is 21.7 Å². The second kappa shape index (κ2) is 13.6. The van der Waals surface area contributed by atoms with Crippen LogP contribution in [0.3, 0.4) is 0 Å². The van der Waals surface area contributed by atoms with Crippen LogP contribution >= 0.6 is 0 Å². The highest BCUT2D eigenvalue weighted by Crippen LogP contribution is 2.76. The Hall–Kier alpha value is -2.00. The number of amides is 1. The molecule has 1 saturated heterocycles. The lowest BCUT2D eigenvalue weighted by atomic mass is 9.33. The summed E-state index contributed by atoms with van der Waals surface area (Å²) in [6, 6.07) is 0.